The fraction of sp³-hybridized carbons (Fsp3) is 0.333. The first-order chi connectivity index (χ1) is 13.5. The standard InChI is InChI=1S/C21H25N3O3S/c1-16-5-2-3-6-20(16)23-28(25,26)19-13-17-7-12-27-21(17)18(14-19)15-24-10-4-8-22-9-11-24/h2-3,5-7,12-14,22-23H,4,8-11,15H2,1H3. The van der Waals surface area contributed by atoms with Crippen LogP contribution < -0.4 is 10.0 Å². The maximum absolute atomic E-state index is 13.1. The van der Waals surface area contributed by atoms with E-state index in [2.05, 4.69) is 14.9 Å². The second-order valence-corrected chi connectivity index (χ2v) is 8.90. The summed E-state index contributed by atoms with van der Waals surface area (Å²) in [5, 5.41) is 4.19. The van der Waals surface area contributed by atoms with Crippen molar-refractivity contribution >= 4 is 26.7 Å². The van der Waals surface area contributed by atoms with Gasteiger partial charge in [-0.3, -0.25) is 9.62 Å². The average Bonchev–Trinajstić information content (AvgIpc) is 3.01. The molecule has 7 heteroatoms. The van der Waals surface area contributed by atoms with Crippen LogP contribution in [0.25, 0.3) is 11.0 Å². The number of nitrogens with zero attached hydrogens (tertiary/aromatic N) is 1. The molecule has 1 aliphatic rings. The van der Waals surface area contributed by atoms with Gasteiger partial charge in [0.15, 0.2) is 0 Å². The third kappa shape index (κ3) is 4.06. The number of anilines is 1. The number of fused-ring (bicyclic) bond motifs is 1. The van der Waals surface area contributed by atoms with Gasteiger partial charge in [-0.2, -0.15) is 0 Å². The van der Waals surface area contributed by atoms with Crippen LogP contribution in [0.5, 0.6) is 0 Å². The van der Waals surface area contributed by atoms with Crippen molar-refractivity contribution < 1.29 is 12.8 Å². The zero-order chi connectivity index (χ0) is 19.6. The summed E-state index contributed by atoms with van der Waals surface area (Å²) in [6.07, 6.45) is 2.69. The molecule has 0 radical (unpaired) electrons. The number of sulfonamides is 1. The first-order valence-corrected chi connectivity index (χ1v) is 11.0. The number of rotatable bonds is 5. The van der Waals surface area contributed by atoms with Crippen LogP contribution in [0.3, 0.4) is 0 Å². The van der Waals surface area contributed by atoms with Gasteiger partial charge in [0, 0.05) is 30.6 Å². The molecule has 0 atom stereocenters. The molecular weight excluding hydrogens is 374 g/mol. The molecule has 2 aromatic carbocycles. The van der Waals surface area contributed by atoms with Crippen molar-refractivity contribution in [3.8, 4) is 0 Å². The fourth-order valence-corrected chi connectivity index (χ4v) is 4.81. The number of para-hydroxylation sites is 1. The molecule has 148 valence electrons. The summed E-state index contributed by atoms with van der Waals surface area (Å²) < 4.78 is 34.5. The van der Waals surface area contributed by atoms with Crippen LogP contribution in [0.1, 0.15) is 17.5 Å². The lowest BCUT2D eigenvalue weighted by molar-refractivity contribution is 0.284. The number of benzene rings is 2. The number of aryl methyl sites for hydroxylation is 1. The molecule has 2 heterocycles. The maximum atomic E-state index is 13.1. The van der Waals surface area contributed by atoms with Gasteiger partial charge < -0.3 is 9.73 Å². The summed E-state index contributed by atoms with van der Waals surface area (Å²) in [6.45, 7) is 6.42. The van der Waals surface area contributed by atoms with E-state index in [1.54, 1.807) is 24.5 Å². The van der Waals surface area contributed by atoms with Crippen molar-refractivity contribution in [3.05, 3.63) is 59.9 Å². The van der Waals surface area contributed by atoms with E-state index in [1.165, 1.54) is 0 Å². The first-order valence-electron chi connectivity index (χ1n) is 9.54. The molecule has 1 aromatic heterocycles. The van der Waals surface area contributed by atoms with Crippen molar-refractivity contribution in [1.82, 2.24) is 10.2 Å². The highest BCUT2D eigenvalue weighted by atomic mass is 32.2. The maximum Gasteiger partial charge on any atom is 0.261 e. The van der Waals surface area contributed by atoms with Crippen LogP contribution in [0.2, 0.25) is 0 Å². The summed E-state index contributed by atoms with van der Waals surface area (Å²) in [5.74, 6) is 0. The molecule has 1 aliphatic heterocycles. The lowest BCUT2D eigenvalue weighted by Gasteiger charge is -2.20. The molecular formula is C21H25N3O3S. The lowest BCUT2D eigenvalue weighted by atomic mass is 10.1. The van der Waals surface area contributed by atoms with E-state index < -0.39 is 10.0 Å². The Bertz CT molecular complexity index is 1070. The van der Waals surface area contributed by atoms with Gasteiger partial charge in [-0.05, 0) is 56.3 Å². The number of nitrogens with one attached hydrogen (secondary N) is 2. The highest BCUT2D eigenvalue weighted by Crippen LogP contribution is 2.28. The van der Waals surface area contributed by atoms with E-state index in [4.69, 9.17) is 4.42 Å². The Morgan fingerprint density at radius 1 is 1.14 bits per heavy atom. The van der Waals surface area contributed by atoms with Gasteiger partial charge >= 0.3 is 0 Å². The predicted octanol–water partition coefficient (Wildman–Crippen LogP) is 3.34. The molecule has 28 heavy (non-hydrogen) atoms. The van der Waals surface area contributed by atoms with E-state index in [-0.39, 0.29) is 4.90 Å². The second-order valence-electron chi connectivity index (χ2n) is 7.22. The van der Waals surface area contributed by atoms with Crippen LogP contribution in [0.4, 0.5) is 5.69 Å². The summed E-state index contributed by atoms with van der Waals surface area (Å²) in [7, 11) is -3.70. The SMILES string of the molecule is Cc1ccccc1NS(=O)(=O)c1cc(CN2CCCNCC2)c2occc2c1. The molecule has 0 saturated carbocycles. The minimum absolute atomic E-state index is 0.257. The predicted molar refractivity (Wildman–Crippen MR) is 111 cm³/mol. The first kappa shape index (κ1) is 19.0. The average molecular weight is 400 g/mol. The summed E-state index contributed by atoms with van der Waals surface area (Å²) in [4.78, 5) is 2.59. The van der Waals surface area contributed by atoms with Crippen molar-refractivity contribution in [2.75, 3.05) is 30.9 Å². The summed E-state index contributed by atoms with van der Waals surface area (Å²) in [5.41, 5.74) is 3.13. The molecule has 1 fully saturated rings. The van der Waals surface area contributed by atoms with Gasteiger partial charge in [-0.25, -0.2) is 8.42 Å². The molecule has 0 amide bonds. The molecule has 0 spiro atoms. The topological polar surface area (TPSA) is 74.6 Å². The zero-order valence-electron chi connectivity index (χ0n) is 15.9. The van der Waals surface area contributed by atoms with E-state index in [9.17, 15) is 8.42 Å². The Hall–Kier alpha value is -2.35. The van der Waals surface area contributed by atoms with Crippen LogP contribution in [0, 0.1) is 6.92 Å². The number of furan rings is 1. The minimum Gasteiger partial charge on any atom is -0.464 e. The van der Waals surface area contributed by atoms with E-state index >= 15 is 0 Å². The van der Waals surface area contributed by atoms with E-state index in [1.807, 2.05) is 31.2 Å². The number of hydrogen-bond acceptors (Lipinski definition) is 5. The lowest BCUT2D eigenvalue weighted by Crippen LogP contribution is -2.27. The van der Waals surface area contributed by atoms with Crippen LogP contribution in [-0.4, -0.2) is 39.5 Å². The van der Waals surface area contributed by atoms with Crippen molar-refractivity contribution in [3.63, 3.8) is 0 Å². The van der Waals surface area contributed by atoms with Crippen LogP contribution in [0.15, 0.2) is 58.0 Å². The van der Waals surface area contributed by atoms with Gasteiger partial charge in [0.1, 0.15) is 5.58 Å². The summed E-state index contributed by atoms with van der Waals surface area (Å²) in [6, 6.07) is 12.6. The molecule has 1 saturated heterocycles. The molecule has 2 N–H and O–H groups in total. The number of hydrogen-bond donors (Lipinski definition) is 2. The van der Waals surface area contributed by atoms with Gasteiger partial charge in [0.2, 0.25) is 0 Å². The second kappa shape index (κ2) is 7.95. The van der Waals surface area contributed by atoms with E-state index in [0.717, 1.165) is 54.7 Å². The molecule has 6 nitrogen and oxygen atoms in total. The third-order valence-corrected chi connectivity index (χ3v) is 6.47. The monoisotopic (exact) mass is 399 g/mol. The van der Waals surface area contributed by atoms with Gasteiger partial charge in [0.25, 0.3) is 10.0 Å². The Morgan fingerprint density at radius 2 is 2.00 bits per heavy atom. The molecule has 4 rings (SSSR count). The molecule has 0 aliphatic carbocycles. The van der Waals surface area contributed by atoms with Gasteiger partial charge in [-0.15, -0.1) is 0 Å². The Morgan fingerprint density at radius 3 is 2.86 bits per heavy atom. The molecule has 0 bridgehead atoms. The van der Waals surface area contributed by atoms with Gasteiger partial charge in [-0.1, -0.05) is 18.2 Å². The highest BCUT2D eigenvalue weighted by Gasteiger charge is 2.20. The smallest absolute Gasteiger partial charge is 0.261 e. The zero-order valence-corrected chi connectivity index (χ0v) is 16.8. The van der Waals surface area contributed by atoms with Crippen molar-refractivity contribution in [2.45, 2.75) is 24.8 Å². The Balaban J connectivity index is 1.68. The van der Waals surface area contributed by atoms with E-state index in [0.29, 0.717) is 12.2 Å². The minimum atomic E-state index is -3.70. The van der Waals surface area contributed by atoms with Crippen LogP contribution >= 0.6 is 0 Å². The molecule has 0 unspecified atom stereocenters. The highest BCUT2D eigenvalue weighted by molar-refractivity contribution is 7.92. The van der Waals surface area contributed by atoms with Crippen molar-refractivity contribution in [2.24, 2.45) is 0 Å². The largest absolute Gasteiger partial charge is 0.464 e. The van der Waals surface area contributed by atoms with Gasteiger partial charge in [0.05, 0.1) is 16.8 Å². The fourth-order valence-electron chi connectivity index (χ4n) is 3.59. The third-order valence-electron chi connectivity index (χ3n) is 5.13. The Kier molecular flexibility index (Phi) is 5.39. The Labute approximate surface area is 165 Å². The summed E-state index contributed by atoms with van der Waals surface area (Å²) >= 11 is 0. The quantitative estimate of drug-likeness (QED) is 0.688. The van der Waals surface area contributed by atoms with Crippen LogP contribution in [-0.2, 0) is 16.6 Å². The normalized spacial score (nSPS) is 16.2. The molecule has 3 aromatic rings. The van der Waals surface area contributed by atoms with Crippen molar-refractivity contribution in [1.29, 1.82) is 0 Å².